The molecule has 1 saturated heterocycles. The van der Waals surface area contributed by atoms with Crippen LogP contribution in [0.1, 0.15) is 46.5 Å². The number of imide groups is 1. The largest absolute Gasteiger partial charge is 0.325 e. The molecule has 3 amide bonds. The minimum atomic E-state index is -0.694. The Morgan fingerprint density at radius 2 is 1.83 bits per heavy atom. The van der Waals surface area contributed by atoms with E-state index in [-0.39, 0.29) is 30.1 Å². The van der Waals surface area contributed by atoms with E-state index in [1.54, 1.807) is 29.2 Å². The molecule has 0 N–H and O–H groups in total. The number of para-hydroxylation sites is 1. The molecule has 3 rings (SSSR count). The van der Waals surface area contributed by atoms with Crippen LogP contribution < -0.4 is 4.90 Å². The fraction of sp³-hybridized carbons (Fsp3) is 0.526. The van der Waals surface area contributed by atoms with Crippen LogP contribution in [-0.4, -0.2) is 34.2 Å². The zero-order valence-electron chi connectivity index (χ0n) is 14.5. The molecule has 0 radical (unpaired) electrons. The molecule has 5 nitrogen and oxygen atoms in total. The van der Waals surface area contributed by atoms with Crippen molar-refractivity contribution < 1.29 is 14.4 Å². The molecule has 24 heavy (non-hydrogen) atoms. The van der Waals surface area contributed by atoms with Gasteiger partial charge in [-0.2, -0.15) is 0 Å². The van der Waals surface area contributed by atoms with Crippen molar-refractivity contribution in [2.24, 2.45) is 5.92 Å². The monoisotopic (exact) mass is 328 g/mol. The van der Waals surface area contributed by atoms with Gasteiger partial charge in [-0.3, -0.25) is 14.4 Å². The van der Waals surface area contributed by atoms with Crippen molar-refractivity contribution in [3.05, 3.63) is 30.3 Å². The lowest BCUT2D eigenvalue weighted by Gasteiger charge is -2.41. The van der Waals surface area contributed by atoms with Crippen molar-refractivity contribution in [2.45, 2.75) is 58.0 Å². The number of anilines is 1. The number of hydrogen-bond acceptors (Lipinski definition) is 3. The van der Waals surface area contributed by atoms with Gasteiger partial charge in [-0.1, -0.05) is 25.1 Å². The maximum atomic E-state index is 13.0. The summed E-state index contributed by atoms with van der Waals surface area (Å²) in [4.78, 5) is 41.2. The first-order chi connectivity index (χ1) is 11.4. The summed E-state index contributed by atoms with van der Waals surface area (Å²) < 4.78 is 0. The predicted molar refractivity (Wildman–Crippen MR) is 91.3 cm³/mol. The summed E-state index contributed by atoms with van der Waals surface area (Å²) >= 11 is 0. The molecule has 2 fully saturated rings. The van der Waals surface area contributed by atoms with Crippen molar-refractivity contribution in [1.82, 2.24) is 4.90 Å². The van der Waals surface area contributed by atoms with E-state index in [1.165, 1.54) is 4.90 Å². The molecule has 1 heterocycles. The Morgan fingerprint density at radius 1 is 1.21 bits per heavy atom. The topological polar surface area (TPSA) is 57.7 Å². The molecule has 2 aliphatic rings. The molecule has 0 spiro atoms. The van der Waals surface area contributed by atoms with Gasteiger partial charge in [-0.15, -0.1) is 0 Å². The summed E-state index contributed by atoms with van der Waals surface area (Å²) in [6.07, 6.45) is 2.56. The lowest BCUT2D eigenvalue weighted by atomic mass is 9.95. The molecule has 1 aromatic carbocycles. The summed E-state index contributed by atoms with van der Waals surface area (Å²) in [5.41, 5.74) is 0.121. The molecule has 1 aliphatic carbocycles. The second kappa shape index (κ2) is 6.04. The van der Waals surface area contributed by atoms with Crippen LogP contribution in [0.4, 0.5) is 5.69 Å². The maximum absolute atomic E-state index is 13.0. The number of carbonyl (C=O) groups excluding carboxylic acids is 3. The van der Waals surface area contributed by atoms with Crippen molar-refractivity contribution in [3.8, 4) is 0 Å². The highest BCUT2D eigenvalue weighted by Gasteiger charge is 2.50. The smallest absolute Gasteiger partial charge is 0.257 e. The van der Waals surface area contributed by atoms with E-state index < -0.39 is 11.6 Å². The summed E-state index contributed by atoms with van der Waals surface area (Å²) in [5, 5.41) is 0. The third-order valence-corrected chi connectivity index (χ3v) is 5.13. The Kier molecular flexibility index (Phi) is 4.20. The van der Waals surface area contributed by atoms with Crippen LogP contribution in [0, 0.1) is 5.92 Å². The molecule has 5 heteroatoms. The Bertz CT molecular complexity index is 664. The predicted octanol–water partition coefficient (Wildman–Crippen LogP) is 2.75. The molecule has 1 aliphatic heterocycles. The van der Waals surface area contributed by atoms with Gasteiger partial charge in [0.25, 0.3) is 5.91 Å². The minimum Gasteiger partial charge on any atom is -0.325 e. The lowest BCUT2D eigenvalue weighted by Crippen LogP contribution is -2.56. The number of carbonyl (C=O) groups is 3. The van der Waals surface area contributed by atoms with Crippen molar-refractivity contribution in [2.75, 3.05) is 4.90 Å². The van der Waals surface area contributed by atoms with Crippen molar-refractivity contribution >= 4 is 23.4 Å². The first-order valence-electron chi connectivity index (χ1n) is 8.62. The van der Waals surface area contributed by atoms with Crippen LogP contribution in [0.2, 0.25) is 0 Å². The second-order valence-electron chi connectivity index (χ2n) is 7.27. The third kappa shape index (κ3) is 2.83. The highest BCUT2D eigenvalue weighted by molar-refractivity contribution is 6.23. The molecule has 1 aromatic rings. The SMILES string of the molecule is CCC(C)(C)N(C(=O)C1CC1)C1CC(=O)N(c2ccccc2)C1=O. The quantitative estimate of drug-likeness (QED) is 0.781. The number of benzene rings is 1. The number of amides is 3. The Labute approximate surface area is 142 Å². The van der Waals surface area contributed by atoms with Crippen LogP contribution in [-0.2, 0) is 14.4 Å². The minimum absolute atomic E-state index is 0.0166. The summed E-state index contributed by atoms with van der Waals surface area (Å²) in [5.74, 6) is -0.495. The van der Waals surface area contributed by atoms with E-state index in [0.29, 0.717) is 5.69 Å². The molecule has 0 bridgehead atoms. The average molecular weight is 328 g/mol. The van der Waals surface area contributed by atoms with Crippen LogP contribution in [0.5, 0.6) is 0 Å². The summed E-state index contributed by atoms with van der Waals surface area (Å²) in [6, 6.07) is 8.24. The van der Waals surface area contributed by atoms with Gasteiger partial charge < -0.3 is 4.90 Å². The van der Waals surface area contributed by atoms with Gasteiger partial charge in [0.2, 0.25) is 11.8 Å². The molecule has 128 valence electrons. The van der Waals surface area contributed by atoms with Gasteiger partial charge in [0, 0.05) is 11.5 Å². The number of hydrogen-bond donors (Lipinski definition) is 0. The van der Waals surface area contributed by atoms with E-state index in [1.807, 2.05) is 26.8 Å². The Balaban J connectivity index is 1.93. The van der Waals surface area contributed by atoms with Crippen molar-refractivity contribution in [1.29, 1.82) is 0 Å². The first-order valence-corrected chi connectivity index (χ1v) is 8.62. The van der Waals surface area contributed by atoms with Gasteiger partial charge >= 0.3 is 0 Å². The normalized spacial score (nSPS) is 21.3. The zero-order chi connectivity index (χ0) is 17.5. The fourth-order valence-electron chi connectivity index (χ4n) is 3.24. The maximum Gasteiger partial charge on any atom is 0.257 e. The fourth-order valence-corrected chi connectivity index (χ4v) is 3.24. The van der Waals surface area contributed by atoms with Crippen LogP contribution in [0.25, 0.3) is 0 Å². The van der Waals surface area contributed by atoms with Gasteiger partial charge in [-0.25, -0.2) is 4.90 Å². The highest BCUT2D eigenvalue weighted by atomic mass is 16.2. The molecule has 1 unspecified atom stereocenters. The Morgan fingerprint density at radius 3 is 2.38 bits per heavy atom. The van der Waals surface area contributed by atoms with Crippen molar-refractivity contribution in [3.63, 3.8) is 0 Å². The molecule has 0 aromatic heterocycles. The van der Waals surface area contributed by atoms with Crippen LogP contribution in [0.3, 0.4) is 0 Å². The standard InChI is InChI=1S/C19H24N2O3/c1-4-19(2,3)21(17(23)13-10-11-13)15-12-16(22)20(18(15)24)14-8-6-5-7-9-14/h5-9,13,15H,4,10-12H2,1-3H3. The van der Waals surface area contributed by atoms with Crippen LogP contribution in [0.15, 0.2) is 30.3 Å². The van der Waals surface area contributed by atoms with E-state index in [9.17, 15) is 14.4 Å². The Hall–Kier alpha value is -2.17. The van der Waals surface area contributed by atoms with Crippen LogP contribution >= 0.6 is 0 Å². The number of nitrogens with zero attached hydrogens (tertiary/aromatic N) is 2. The molecule has 1 atom stereocenters. The molecular weight excluding hydrogens is 304 g/mol. The van der Waals surface area contributed by atoms with Gasteiger partial charge in [0.1, 0.15) is 6.04 Å². The van der Waals surface area contributed by atoms with Gasteiger partial charge in [-0.05, 0) is 45.2 Å². The van der Waals surface area contributed by atoms with E-state index in [0.717, 1.165) is 19.3 Å². The van der Waals surface area contributed by atoms with E-state index in [2.05, 4.69) is 0 Å². The second-order valence-corrected chi connectivity index (χ2v) is 7.27. The van der Waals surface area contributed by atoms with E-state index >= 15 is 0 Å². The highest BCUT2D eigenvalue weighted by Crippen LogP contribution is 2.38. The number of rotatable bonds is 5. The molecule has 1 saturated carbocycles. The zero-order valence-corrected chi connectivity index (χ0v) is 14.5. The van der Waals surface area contributed by atoms with E-state index in [4.69, 9.17) is 0 Å². The first kappa shape index (κ1) is 16.7. The lowest BCUT2D eigenvalue weighted by molar-refractivity contribution is -0.146. The van der Waals surface area contributed by atoms with Gasteiger partial charge in [0.05, 0.1) is 12.1 Å². The summed E-state index contributed by atoms with van der Waals surface area (Å²) in [6.45, 7) is 5.94. The average Bonchev–Trinajstić information content (AvgIpc) is 3.36. The third-order valence-electron chi connectivity index (χ3n) is 5.13. The van der Waals surface area contributed by atoms with Gasteiger partial charge in [0.15, 0.2) is 0 Å². The molecular formula is C19H24N2O3. The summed E-state index contributed by atoms with van der Waals surface area (Å²) in [7, 11) is 0.